The number of carbonyl (C=O) groups excluding carboxylic acids is 1. The second-order valence-electron chi connectivity index (χ2n) is 5.59. The van der Waals surface area contributed by atoms with Gasteiger partial charge < -0.3 is 16.0 Å². The van der Waals surface area contributed by atoms with Crippen molar-refractivity contribution in [3.8, 4) is 0 Å². The van der Waals surface area contributed by atoms with E-state index in [0.29, 0.717) is 12.6 Å². The minimum Gasteiger partial charge on any atom is -0.399 e. The fraction of sp³-hybridized carbons (Fsp3) is 0.562. The molecule has 1 aromatic rings. The Morgan fingerprint density at radius 2 is 1.95 bits per heavy atom. The largest absolute Gasteiger partial charge is 0.399 e. The van der Waals surface area contributed by atoms with Gasteiger partial charge in [0.1, 0.15) is 0 Å². The first-order valence-electron chi connectivity index (χ1n) is 7.59. The number of hydrogen-bond donors (Lipinski definition) is 2. The van der Waals surface area contributed by atoms with Gasteiger partial charge in [-0.15, -0.1) is 0 Å². The average Bonchev–Trinajstić information content (AvgIpc) is 2.93. The monoisotopic (exact) mass is 275 g/mol. The zero-order valence-electron chi connectivity index (χ0n) is 12.3. The average molecular weight is 275 g/mol. The molecular formula is C16H25N3O. The molecule has 1 aliphatic carbocycles. The molecular weight excluding hydrogens is 250 g/mol. The van der Waals surface area contributed by atoms with Gasteiger partial charge in [0.05, 0.1) is 0 Å². The first-order chi connectivity index (χ1) is 9.69. The SMILES string of the molecule is CCCN(Cc1ccc(N)cc1)C(=O)NC1CCCC1. The van der Waals surface area contributed by atoms with Gasteiger partial charge in [-0.2, -0.15) is 0 Å². The van der Waals surface area contributed by atoms with E-state index in [1.807, 2.05) is 29.2 Å². The van der Waals surface area contributed by atoms with Crippen molar-refractivity contribution in [2.24, 2.45) is 0 Å². The lowest BCUT2D eigenvalue weighted by Crippen LogP contribution is -2.43. The second-order valence-corrected chi connectivity index (χ2v) is 5.59. The maximum Gasteiger partial charge on any atom is 0.317 e. The highest BCUT2D eigenvalue weighted by Crippen LogP contribution is 2.18. The smallest absolute Gasteiger partial charge is 0.317 e. The molecule has 20 heavy (non-hydrogen) atoms. The van der Waals surface area contributed by atoms with Crippen molar-refractivity contribution in [2.75, 3.05) is 12.3 Å². The molecule has 0 bridgehead atoms. The number of nitrogen functional groups attached to an aromatic ring is 1. The summed E-state index contributed by atoms with van der Waals surface area (Å²) in [4.78, 5) is 14.2. The van der Waals surface area contributed by atoms with Crippen LogP contribution in [0, 0.1) is 0 Å². The number of nitrogens with one attached hydrogen (secondary N) is 1. The summed E-state index contributed by atoms with van der Waals surface area (Å²) in [6.07, 6.45) is 5.67. The number of amides is 2. The Bertz CT molecular complexity index is 424. The van der Waals surface area contributed by atoms with E-state index in [4.69, 9.17) is 5.73 Å². The van der Waals surface area contributed by atoms with E-state index < -0.39 is 0 Å². The zero-order chi connectivity index (χ0) is 14.4. The van der Waals surface area contributed by atoms with E-state index in [1.54, 1.807) is 0 Å². The van der Waals surface area contributed by atoms with E-state index in [2.05, 4.69) is 12.2 Å². The summed E-state index contributed by atoms with van der Waals surface area (Å²) in [7, 11) is 0. The molecule has 0 spiro atoms. The molecule has 3 N–H and O–H groups in total. The number of urea groups is 1. The molecule has 0 atom stereocenters. The van der Waals surface area contributed by atoms with Crippen molar-refractivity contribution in [1.29, 1.82) is 0 Å². The molecule has 1 saturated carbocycles. The Hall–Kier alpha value is -1.71. The van der Waals surface area contributed by atoms with Gasteiger partial charge in [0.2, 0.25) is 0 Å². The molecule has 2 amide bonds. The lowest BCUT2D eigenvalue weighted by Gasteiger charge is -2.25. The molecule has 0 saturated heterocycles. The zero-order valence-corrected chi connectivity index (χ0v) is 12.3. The molecule has 110 valence electrons. The van der Waals surface area contributed by atoms with E-state index in [9.17, 15) is 4.79 Å². The highest BCUT2D eigenvalue weighted by Gasteiger charge is 2.20. The molecule has 4 heteroatoms. The number of anilines is 1. The maximum atomic E-state index is 12.4. The third kappa shape index (κ3) is 4.15. The number of carbonyl (C=O) groups is 1. The van der Waals surface area contributed by atoms with Crippen LogP contribution >= 0.6 is 0 Å². The lowest BCUT2D eigenvalue weighted by molar-refractivity contribution is 0.191. The summed E-state index contributed by atoms with van der Waals surface area (Å²) in [5.41, 5.74) is 7.57. The summed E-state index contributed by atoms with van der Waals surface area (Å²) >= 11 is 0. The summed E-state index contributed by atoms with van der Waals surface area (Å²) < 4.78 is 0. The predicted molar refractivity (Wildman–Crippen MR) is 82.3 cm³/mol. The van der Waals surface area contributed by atoms with Crippen LogP contribution in [0.2, 0.25) is 0 Å². The molecule has 0 heterocycles. The van der Waals surface area contributed by atoms with Crippen molar-refractivity contribution >= 4 is 11.7 Å². The fourth-order valence-corrected chi connectivity index (χ4v) is 2.70. The highest BCUT2D eigenvalue weighted by molar-refractivity contribution is 5.74. The summed E-state index contributed by atoms with van der Waals surface area (Å²) in [5, 5.41) is 3.16. The topological polar surface area (TPSA) is 58.4 Å². The van der Waals surface area contributed by atoms with Gasteiger partial charge in [-0.05, 0) is 37.0 Å². The van der Waals surface area contributed by atoms with Crippen LogP contribution in [0.4, 0.5) is 10.5 Å². The van der Waals surface area contributed by atoms with Gasteiger partial charge in [-0.1, -0.05) is 31.9 Å². The van der Waals surface area contributed by atoms with Gasteiger partial charge in [0, 0.05) is 24.8 Å². The van der Waals surface area contributed by atoms with Crippen LogP contribution < -0.4 is 11.1 Å². The third-order valence-corrected chi connectivity index (χ3v) is 3.82. The van der Waals surface area contributed by atoms with E-state index in [-0.39, 0.29) is 6.03 Å². The van der Waals surface area contributed by atoms with Crippen molar-refractivity contribution in [1.82, 2.24) is 10.2 Å². The van der Waals surface area contributed by atoms with Crippen LogP contribution in [-0.2, 0) is 6.54 Å². The molecule has 1 aliphatic rings. The number of rotatable bonds is 5. The lowest BCUT2D eigenvalue weighted by atomic mass is 10.2. The summed E-state index contributed by atoms with van der Waals surface area (Å²) in [6, 6.07) is 8.17. The van der Waals surface area contributed by atoms with Crippen molar-refractivity contribution in [3.05, 3.63) is 29.8 Å². The standard InChI is InChI=1S/C16H25N3O/c1-2-11-19(12-13-7-9-14(17)10-8-13)16(20)18-15-5-3-4-6-15/h7-10,15H,2-6,11-12,17H2,1H3,(H,18,20). The Morgan fingerprint density at radius 3 is 2.55 bits per heavy atom. The van der Waals surface area contributed by atoms with Crippen LogP contribution in [0.25, 0.3) is 0 Å². The molecule has 1 aromatic carbocycles. The van der Waals surface area contributed by atoms with E-state index >= 15 is 0 Å². The number of hydrogen-bond acceptors (Lipinski definition) is 2. The fourth-order valence-electron chi connectivity index (χ4n) is 2.70. The first-order valence-corrected chi connectivity index (χ1v) is 7.59. The van der Waals surface area contributed by atoms with Crippen LogP contribution in [-0.4, -0.2) is 23.5 Å². The number of benzene rings is 1. The Kier molecular flexibility index (Phi) is 5.27. The van der Waals surface area contributed by atoms with Gasteiger partial charge in [-0.25, -0.2) is 4.79 Å². The normalized spacial score (nSPS) is 15.2. The molecule has 4 nitrogen and oxygen atoms in total. The quantitative estimate of drug-likeness (QED) is 0.811. The van der Waals surface area contributed by atoms with E-state index in [0.717, 1.165) is 37.1 Å². The number of nitrogens with two attached hydrogens (primary N) is 1. The Morgan fingerprint density at radius 1 is 1.30 bits per heavy atom. The summed E-state index contributed by atoms with van der Waals surface area (Å²) in [6.45, 7) is 3.52. The minimum absolute atomic E-state index is 0.0653. The summed E-state index contributed by atoms with van der Waals surface area (Å²) in [5.74, 6) is 0. The van der Waals surface area contributed by atoms with Crippen molar-refractivity contribution in [3.63, 3.8) is 0 Å². The molecule has 0 radical (unpaired) electrons. The number of nitrogens with zero attached hydrogens (tertiary/aromatic N) is 1. The highest BCUT2D eigenvalue weighted by atomic mass is 16.2. The maximum absolute atomic E-state index is 12.4. The van der Waals surface area contributed by atoms with Crippen LogP contribution in [0.3, 0.4) is 0 Å². The molecule has 0 unspecified atom stereocenters. The van der Waals surface area contributed by atoms with Gasteiger partial charge in [0.15, 0.2) is 0 Å². The third-order valence-electron chi connectivity index (χ3n) is 3.82. The van der Waals surface area contributed by atoms with E-state index in [1.165, 1.54) is 12.8 Å². The molecule has 1 fully saturated rings. The first kappa shape index (κ1) is 14.7. The van der Waals surface area contributed by atoms with Crippen LogP contribution in [0.15, 0.2) is 24.3 Å². The molecule has 0 aromatic heterocycles. The van der Waals surface area contributed by atoms with Crippen molar-refractivity contribution < 1.29 is 4.79 Å². The van der Waals surface area contributed by atoms with Gasteiger partial charge >= 0.3 is 6.03 Å². The second kappa shape index (κ2) is 7.17. The Labute approximate surface area is 121 Å². The predicted octanol–water partition coefficient (Wildman–Crippen LogP) is 3.13. The Balaban J connectivity index is 1.94. The van der Waals surface area contributed by atoms with Gasteiger partial charge in [-0.3, -0.25) is 0 Å². The van der Waals surface area contributed by atoms with Crippen molar-refractivity contribution in [2.45, 2.75) is 51.6 Å². The van der Waals surface area contributed by atoms with Crippen LogP contribution in [0.5, 0.6) is 0 Å². The molecule has 2 rings (SSSR count). The minimum atomic E-state index is 0.0653. The van der Waals surface area contributed by atoms with Gasteiger partial charge in [0.25, 0.3) is 0 Å². The molecule has 0 aliphatic heterocycles. The van der Waals surface area contributed by atoms with Crippen LogP contribution in [0.1, 0.15) is 44.6 Å².